The van der Waals surface area contributed by atoms with Gasteiger partial charge in [0.15, 0.2) is 0 Å². The molecule has 16 heavy (non-hydrogen) atoms. The molecule has 1 rings (SSSR count). The molecule has 0 heterocycles. The van der Waals surface area contributed by atoms with E-state index in [1.165, 1.54) is 0 Å². The number of hydrogen-bond acceptors (Lipinski definition) is 2. The summed E-state index contributed by atoms with van der Waals surface area (Å²) >= 11 is 5.79. The lowest BCUT2D eigenvalue weighted by molar-refractivity contribution is -0.137. The molecule has 0 fully saturated rings. The lowest BCUT2D eigenvalue weighted by atomic mass is 10.1. The average molecular weight is 242 g/mol. The van der Waals surface area contributed by atoms with Crippen molar-refractivity contribution >= 4 is 17.6 Å². The standard InChI is InChI=1S/C12H16ClNO2/c1-8(7-12(15)16)14-9(2)10-3-5-11(13)6-4-10/h3-6,8-9,14H,7H2,1-2H3,(H,15,16). The van der Waals surface area contributed by atoms with Crippen molar-refractivity contribution in [2.75, 3.05) is 0 Å². The van der Waals surface area contributed by atoms with Gasteiger partial charge in [0.1, 0.15) is 0 Å². The molecule has 0 aliphatic carbocycles. The van der Waals surface area contributed by atoms with Gasteiger partial charge in [-0.15, -0.1) is 0 Å². The summed E-state index contributed by atoms with van der Waals surface area (Å²) in [4.78, 5) is 10.5. The lowest BCUT2D eigenvalue weighted by Crippen LogP contribution is -2.30. The van der Waals surface area contributed by atoms with E-state index in [0.29, 0.717) is 5.02 Å². The maximum absolute atomic E-state index is 10.5. The largest absolute Gasteiger partial charge is 0.481 e. The van der Waals surface area contributed by atoms with Gasteiger partial charge in [0.25, 0.3) is 0 Å². The maximum atomic E-state index is 10.5. The number of nitrogens with one attached hydrogen (secondary N) is 1. The van der Waals surface area contributed by atoms with Crippen molar-refractivity contribution in [3.8, 4) is 0 Å². The minimum absolute atomic E-state index is 0.0526. The van der Waals surface area contributed by atoms with E-state index in [9.17, 15) is 4.79 Å². The van der Waals surface area contributed by atoms with Crippen LogP contribution in [0.5, 0.6) is 0 Å². The lowest BCUT2D eigenvalue weighted by Gasteiger charge is -2.19. The SMILES string of the molecule is CC(CC(=O)O)NC(C)c1ccc(Cl)cc1. The molecule has 2 unspecified atom stereocenters. The minimum Gasteiger partial charge on any atom is -0.481 e. The number of benzene rings is 1. The zero-order valence-corrected chi connectivity index (χ0v) is 10.2. The number of hydrogen-bond donors (Lipinski definition) is 2. The highest BCUT2D eigenvalue weighted by molar-refractivity contribution is 6.30. The van der Waals surface area contributed by atoms with Gasteiger partial charge in [-0.25, -0.2) is 0 Å². The van der Waals surface area contributed by atoms with Gasteiger partial charge in [0.05, 0.1) is 6.42 Å². The molecule has 1 aromatic rings. The molecule has 0 saturated heterocycles. The zero-order valence-electron chi connectivity index (χ0n) is 9.40. The molecule has 0 aliphatic heterocycles. The molecule has 88 valence electrons. The number of aliphatic carboxylic acids is 1. The van der Waals surface area contributed by atoms with E-state index in [2.05, 4.69) is 5.32 Å². The van der Waals surface area contributed by atoms with E-state index in [1.54, 1.807) is 0 Å². The highest BCUT2D eigenvalue weighted by Gasteiger charge is 2.11. The van der Waals surface area contributed by atoms with Crippen LogP contribution in [0.2, 0.25) is 5.02 Å². The molecule has 0 aliphatic rings. The fourth-order valence-electron chi connectivity index (χ4n) is 1.60. The van der Waals surface area contributed by atoms with E-state index in [-0.39, 0.29) is 18.5 Å². The topological polar surface area (TPSA) is 49.3 Å². The second-order valence-electron chi connectivity index (χ2n) is 3.94. The smallest absolute Gasteiger partial charge is 0.304 e. The van der Waals surface area contributed by atoms with Gasteiger partial charge in [-0.1, -0.05) is 23.7 Å². The van der Waals surface area contributed by atoms with Gasteiger partial charge in [-0.3, -0.25) is 4.79 Å². The summed E-state index contributed by atoms with van der Waals surface area (Å²) in [6.45, 7) is 3.86. The van der Waals surface area contributed by atoms with E-state index in [4.69, 9.17) is 16.7 Å². The Hall–Kier alpha value is -1.06. The molecule has 0 saturated carbocycles. The Kier molecular flexibility index (Phi) is 4.77. The van der Waals surface area contributed by atoms with Crippen LogP contribution in [0.4, 0.5) is 0 Å². The predicted octanol–water partition coefficient (Wildman–Crippen LogP) is 2.85. The van der Waals surface area contributed by atoms with Gasteiger partial charge < -0.3 is 10.4 Å². The number of halogens is 1. The number of rotatable bonds is 5. The molecule has 0 amide bonds. The van der Waals surface area contributed by atoms with E-state index in [1.807, 2.05) is 38.1 Å². The molecule has 0 radical (unpaired) electrons. The quantitative estimate of drug-likeness (QED) is 0.834. The van der Waals surface area contributed by atoms with Crippen LogP contribution < -0.4 is 5.32 Å². The Morgan fingerprint density at radius 2 is 1.94 bits per heavy atom. The fraction of sp³-hybridized carbons (Fsp3) is 0.417. The molecule has 0 aromatic heterocycles. The normalized spacial score (nSPS) is 14.4. The van der Waals surface area contributed by atoms with Crippen LogP contribution in [0, 0.1) is 0 Å². The van der Waals surface area contributed by atoms with Gasteiger partial charge >= 0.3 is 5.97 Å². The van der Waals surface area contributed by atoms with Gasteiger partial charge in [0.2, 0.25) is 0 Å². The van der Waals surface area contributed by atoms with Crippen LogP contribution in [0.3, 0.4) is 0 Å². The summed E-state index contributed by atoms with van der Waals surface area (Å²) in [6, 6.07) is 7.60. The van der Waals surface area contributed by atoms with Crippen molar-refractivity contribution in [2.45, 2.75) is 32.4 Å². The molecule has 0 bridgehead atoms. The maximum Gasteiger partial charge on any atom is 0.304 e. The molecular formula is C12H16ClNO2. The summed E-state index contributed by atoms with van der Waals surface area (Å²) in [6.07, 6.45) is 0.123. The molecule has 4 heteroatoms. The third kappa shape index (κ3) is 4.21. The summed E-state index contributed by atoms with van der Waals surface area (Å²) in [7, 11) is 0. The molecule has 3 nitrogen and oxygen atoms in total. The number of carbonyl (C=O) groups is 1. The van der Waals surface area contributed by atoms with Gasteiger partial charge in [0, 0.05) is 17.1 Å². The molecule has 2 N–H and O–H groups in total. The van der Waals surface area contributed by atoms with Crippen molar-refractivity contribution in [2.24, 2.45) is 0 Å². The monoisotopic (exact) mass is 241 g/mol. The van der Waals surface area contributed by atoms with Crippen LogP contribution >= 0.6 is 11.6 Å². The summed E-state index contributed by atoms with van der Waals surface area (Å²) < 4.78 is 0. The molecular weight excluding hydrogens is 226 g/mol. The predicted molar refractivity (Wildman–Crippen MR) is 64.7 cm³/mol. The van der Waals surface area contributed by atoms with Crippen LogP contribution in [0.15, 0.2) is 24.3 Å². The first-order valence-electron chi connectivity index (χ1n) is 5.22. The highest BCUT2D eigenvalue weighted by Crippen LogP contribution is 2.16. The first-order valence-corrected chi connectivity index (χ1v) is 5.60. The second kappa shape index (κ2) is 5.87. The molecule has 1 aromatic carbocycles. The van der Waals surface area contributed by atoms with Crippen molar-refractivity contribution in [1.82, 2.24) is 5.32 Å². The zero-order chi connectivity index (χ0) is 12.1. The van der Waals surface area contributed by atoms with Crippen molar-refractivity contribution < 1.29 is 9.90 Å². The summed E-state index contributed by atoms with van der Waals surface area (Å²) in [5.41, 5.74) is 1.10. The van der Waals surface area contributed by atoms with E-state index < -0.39 is 5.97 Å². The Morgan fingerprint density at radius 1 is 1.38 bits per heavy atom. The van der Waals surface area contributed by atoms with Crippen LogP contribution in [0.1, 0.15) is 31.9 Å². The van der Waals surface area contributed by atoms with Gasteiger partial charge in [-0.05, 0) is 31.5 Å². The molecule has 0 spiro atoms. The fourth-order valence-corrected chi connectivity index (χ4v) is 1.72. The third-order valence-corrected chi connectivity index (χ3v) is 2.64. The van der Waals surface area contributed by atoms with Crippen LogP contribution in [-0.4, -0.2) is 17.1 Å². The Morgan fingerprint density at radius 3 is 2.44 bits per heavy atom. The second-order valence-corrected chi connectivity index (χ2v) is 4.38. The highest BCUT2D eigenvalue weighted by atomic mass is 35.5. The minimum atomic E-state index is -0.789. The van der Waals surface area contributed by atoms with E-state index >= 15 is 0 Å². The Balaban J connectivity index is 2.54. The Labute approximate surface area is 100 Å². The summed E-state index contributed by atoms with van der Waals surface area (Å²) in [5.74, 6) is -0.789. The first-order chi connectivity index (χ1) is 7.49. The summed E-state index contributed by atoms with van der Waals surface area (Å²) in [5, 5.41) is 12.6. The van der Waals surface area contributed by atoms with Crippen molar-refractivity contribution in [3.63, 3.8) is 0 Å². The molecule has 2 atom stereocenters. The first kappa shape index (κ1) is 13.0. The number of carboxylic acid groups (broad SMARTS) is 1. The van der Waals surface area contributed by atoms with Gasteiger partial charge in [-0.2, -0.15) is 0 Å². The van der Waals surface area contributed by atoms with Crippen molar-refractivity contribution in [1.29, 1.82) is 0 Å². The number of carboxylic acids is 1. The van der Waals surface area contributed by atoms with Crippen molar-refractivity contribution in [3.05, 3.63) is 34.9 Å². The average Bonchev–Trinajstić information content (AvgIpc) is 2.16. The third-order valence-electron chi connectivity index (χ3n) is 2.39. The van der Waals surface area contributed by atoms with E-state index in [0.717, 1.165) is 5.56 Å². The Bertz CT molecular complexity index is 351. The van der Waals surface area contributed by atoms with Crippen LogP contribution in [-0.2, 0) is 4.79 Å². The van der Waals surface area contributed by atoms with Crippen LogP contribution in [0.25, 0.3) is 0 Å².